The molecule has 1 heterocycles. The highest BCUT2D eigenvalue weighted by molar-refractivity contribution is 6.32. The first-order chi connectivity index (χ1) is 11.2. The monoisotopic (exact) mass is 325 g/mol. The maximum Gasteiger partial charge on any atom is 0.139 e. The minimum Gasteiger partial charge on any atom is -0.506 e. The Bertz CT molecular complexity index is 840. The van der Waals surface area contributed by atoms with Gasteiger partial charge in [0.15, 0.2) is 0 Å². The van der Waals surface area contributed by atoms with Crippen molar-refractivity contribution in [1.82, 2.24) is 14.9 Å². The van der Waals surface area contributed by atoms with Crippen LogP contribution in [0.15, 0.2) is 55.1 Å². The largest absolute Gasteiger partial charge is 0.506 e. The van der Waals surface area contributed by atoms with E-state index in [4.69, 9.17) is 16.9 Å². The van der Waals surface area contributed by atoms with Gasteiger partial charge >= 0.3 is 0 Å². The molecule has 0 spiro atoms. The second-order valence-electron chi connectivity index (χ2n) is 4.84. The first-order valence-corrected chi connectivity index (χ1v) is 7.15. The van der Waals surface area contributed by atoms with E-state index in [0.717, 1.165) is 11.3 Å². The van der Waals surface area contributed by atoms with Gasteiger partial charge in [-0.3, -0.25) is 5.01 Å². The molecule has 0 unspecified atom stereocenters. The van der Waals surface area contributed by atoms with E-state index in [1.165, 1.54) is 0 Å². The van der Waals surface area contributed by atoms with Gasteiger partial charge in [0.05, 0.1) is 28.9 Å². The third-order valence-electron chi connectivity index (χ3n) is 3.32. The van der Waals surface area contributed by atoms with Crippen molar-refractivity contribution in [2.75, 3.05) is 5.01 Å². The summed E-state index contributed by atoms with van der Waals surface area (Å²) in [6.45, 7) is 0.490. The molecule has 23 heavy (non-hydrogen) atoms. The molecule has 2 aromatic carbocycles. The van der Waals surface area contributed by atoms with Crippen molar-refractivity contribution in [2.24, 2.45) is 0 Å². The first kappa shape index (κ1) is 14.9. The Labute approximate surface area is 137 Å². The average molecular weight is 326 g/mol. The summed E-state index contributed by atoms with van der Waals surface area (Å²) in [7, 11) is 0. The highest BCUT2D eigenvalue weighted by Crippen LogP contribution is 2.26. The van der Waals surface area contributed by atoms with Gasteiger partial charge in [0.1, 0.15) is 18.4 Å². The number of phenols is 1. The fourth-order valence-corrected chi connectivity index (χ4v) is 2.36. The van der Waals surface area contributed by atoms with Crippen LogP contribution < -0.4 is 5.01 Å². The number of rotatable bonds is 4. The molecule has 7 heteroatoms. The second kappa shape index (κ2) is 6.38. The van der Waals surface area contributed by atoms with Crippen LogP contribution in [0.3, 0.4) is 0 Å². The van der Waals surface area contributed by atoms with Gasteiger partial charge in [-0.05, 0) is 42.0 Å². The quantitative estimate of drug-likeness (QED) is 0.798. The smallest absolute Gasteiger partial charge is 0.139 e. The molecule has 0 amide bonds. The molecular weight excluding hydrogens is 314 g/mol. The predicted molar refractivity (Wildman–Crippen MR) is 85.9 cm³/mol. The molecule has 0 atom stereocenters. The van der Waals surface area contributed by atoms with Crippen molar-refractivity contribution in [3.63, 3.8) is 0 Å². The minimum absolute atomic E-state index is 0.0460. The Morgan fingerprint density at radius 1 is 1.13 bits per heavy atom. The summed E-state index contributed by atoms with van der Waals surface area (Å²) >= 11 is 5.97. The van der Waals surface area contributed by atoms with Crippen LogP contribution in [0.25, 0.3) is 0 Å². The summed E-state index contributed by atoms with van der Waals surface area (Å²) < 4.78 is 1.74. The van der Waals surface area contributed by atoms with E-state index in [9.17, 15) is 5.11 Å². The van der Waals surface area contributed by atoms with Crippen molar-refractivity contribution < 1.29 is 5.11 Å². The van der Waals surface area contributed by atoms with Gasteiger partial charge in [0, 0.05) is 0 Å². The normalized spacial score (nSPS) is 10.3. The number of aromatic nitrogens is 3. The van der Waals surface area contributed by atoms with E-state index in [0.29, 0.717) is 17.1 Å². The lowest BCUT2D eigenvalue weighted by molar-refractivity contribution is 0.475. The lowest BCUT2D eigenvalue weighted by Gasteiger charge is -2.25. The zero-order valence-electron chi connectivity index (χ0n) is 12.0. The summed E-state index contributed by atoms with van der Waals surface area (Å²) in [6.07, 6.45) is 3.17. The van der Waals surface area contributed by atoms with Crippen LogP contribution in [0.5, 0.6) is 5.75 Å². The molecule has 0 bridgehead atoms. The maximum absolute atomic E-state index is 9.54. The van der Waals surface area contributed by atoms with Crippen LogP contribution in [0.2, 0.25) is 5.02 Å². The standard InChI is InChI=1S/C16H12ClN5O/c17-15-7-13(3-6-16(15)23)9-22(21-10-19-20-11-21)14-4-1-12(8-18)2-5-14/h1-7,10-11,23H,9H2. The highest BCUT2D eigenvalue weighted by atomic mass is 35.5. The number of halogens is 1. The van der Waals surface area contributed by atoms with Crippen LogP contribution >= 0.6 is 11.6 Å². The lowest BCUT2D eigenvalue weighted by atomic mass is 10.2. The molecule has 114 valence electrons. The van der Waals surface area contributed by atoms with Crippen molar-refractivity contribution >= 4 is 17.3 Å². The number of anilines is 1. The van der Waals surface area contributed by atoms with Crippen molar-refractivity contribution in [3.8, 4) is 11.8 Å². The van der Waals surface area contributed by atoms with E-state index in [2.05, 4.69) is 16.3 Å². The average Bonchev–Trinajstić information content (AvgIpc) is 3.10. The van der Waals surface area contributed by atoms with Crippen molar-refractivity contribution in [2.45, 2.75) is 6.54 Å². The Kier molecular flexibility index (Phi) is 4.13. The molecule has 0 aliphatic heterocycles. The van der Waals surface area contributed by atoms with Crippen LogP contribution in [0, 0.1) is 11.3 Å². The highest BCUT2D eigenvalue weighted by Gasteiger charge is 2.11. The Morgan fingerprint density at radius 3 is 2.43 bits per heavy atom. The molecule has 1 aromatic heterocycles. The number of phenolic OH excluding ortho intramolecular Hbond substituents is 1. The van der Waals surface area contributed by atoms with E-state index in [-0.39, 0.29) is 5.75 Å². The zero-order chi connectivity index (χ0) is 16.2. The SMILES string of the molecule is N#Cc1ccc(N(Cc2ccc(O)c(Cl)c2)n2cnnc2)cc1. The van der Waals surface area contributed by atoms with Crippen molar-refractivity contribution in [3.05, 3.63) is 71.3 Å². The zero-order valence-corrected chi connectivity index (χ0v) is 12.7. The van der Waals surface area contributed by atoms with Crippen LogP contribution in [-0.4, -0.2) is 20.0 Å². The number of nitriles is 1. The fraction of sp³-hybridized carbons (Fsp3) is 0.0625. The number of aromatic hydroxyl groups is 1. The van der Waals surface area contributed by atoms with Gasteiger partial charge in [-0.1, -0.05) is 17.7 Å². The van der Waals surface area contributed by atoms with Crippen molar-refractivity contribution in [1.29, 1.82) is 5.26 Å². The van der Waals surface area contributed by atoms with Crippen LogP contribution in [0.4, 0.5) is 5.69 Å². The molecule has 6 nitrogen and oxygen atoms in total. The second-order valence-corrected chi connectivity index (χ2v) is 5.25. The third-order valence-corrected chi connectivity index (χ3v) is 3.63. The topological polar surface area (TPSA) is 78.0 Å². The molecule has 0 aliphatic carbocycles. The predicted octanol–water partition coefficient (Wildman–Crippen LogP) is 2.98. The summed E-state index contributed by atoms with van der Waals surface area (Å²) in [5.41, 5.74) is 2.36. The maximum atomic E-state index is 9.54. The van der Waals surface area contributed by atoms with Gasteiger partial charge in [0.25, 0.3) is 0 Å². The van der Waals surface area contributed by atoms with Gasteiger partial charge in [0.2, 0.25) is 0 Å². The molecule has 3 aromatic rings. The molecule has 1 N–H and O–H groups in total. The summed E-state index contributed by atoms with van der Waals surface area (Å²) in [4.78, 5) is 0. The van der Waals surface area contributed by atoms with Gasteiger partial charge in [-0.15, -0.1) is 10.2 Å². The summed E-state index contributed by atoms with van der Waals surface area (Å²) in [5.74, 6) is 0.0460. The first-order valence-electron chi connectivity index (χ1n) is 6.77. The number of hydrogen-bond acceptors (Lipinski definition) is 5. The van der Waals surface area contributed by atoms with Gasteiger partial charge in [-0.2, -0.15) is 5.26 Å². The molecule has 0 radical (unpaired) electrons. The van der Waals surface area contributed by atoms with E-state index in [1.807, 2.05) is 17.1 Å². The third kappa shape index (κ3) is 3.25. The number of hydrogen-bond donors (Lipinski definition) is 1. The van der Waals surface area contributed by atoms with Gasteiger partial charge in [-0.25, -0.2) is 4.68 Å². The van der Waals surface area contributed by atoms with Gasteiger partial charge < -0.3 is 5.11 Å². The fourth-order valence-electron chi connectivity index (χ4n) is 2.16. The summed E-state index contributed by atoms with van der Waals surface area (Å²) in [6, 6.07) is 14.3. The Balaban J connectivity index is 1.95. The summed E-state index contributed by atoms with van der Waals surface area (Å²) in [5, 5.41) is 28.3. The molecule has 0 saturated heterocycles. The van der Waals surface area contributed by atoms with Crippen LogP contribution in [-0.2, 0) is 6.54 Å². The molecule has 0 aliphatic rings. The van der Waals surface area contributed by atoms with E-state index >= 15 is 0 Å². The molecule has 0 fully saturated rings. The molecular formula is C16H12ClN5O. The van der Waals surface area contributed by atoms with E-state index < -0.39 is 0 Å². The minimum atomic E-state index is 0.0460. The number of benzene rings is 2. The number of nitrogens with zero attached hydrogens (tertiary/aromatic N) is 5. The Morgan fingerprint density at radius 2 is 1.83 bits per heavy atom. The molecule has 3 rings (SSSR count). The lowest BCUT2D eigenvalue weighted by Crippen LogP contribution is -2.27. The van der Waals surface area contributed by atoms with E-state index in [1.54, 1.807) is 47.7 Å². The molecule has 0 saturated carbocycles. The Hall–Kier alpha value is -3.04. The van der Waals surface area contributed by atoms with Crippen LogP contribution in [0.1, 0.15) is 11.1 Å².